The first kappa shape index (κ1) is 24.7. The van der Waals surface area contributed by atoms with Gasteiger partial charge in [0.25, 0.3) is 11.4 Å². The van der Waals surface area contributed by atoms with Crippen molar-refractivity contribution < 1.29 is 22.0 Å². The largest absolute Gasteiger partial charge is 0.270 e. The molecule has 0 unspecified atom stereocenters. The summed E-state index contributed by atoms with van der Waals surface area (Å²) in [5.74, 6) is -8.72. The zero-order valence-electron chi connectivity index (χ0n) is 19.1. The summed E-state index contributed by atoms with van der Waals surface area (Å²) in [7, 11) is 0. The minimum Gasteiger partial charge on any atom is -0.237 e. The van der Waals surface area contributed by atoms with Gasteiger partial charge in [-0.05, 0) is 57.2 Å². The van der Waals surface area contributed by atoms with E-state index < -0.39 is 57.2 Å². The summed E-state index contributed by atoms with van der Waals surface area (Å²) in [6.45, 7) is 22.4. The number of nitriles is 2. The molecule has 5 rings (SSSR count). The quantitative estimate of drug-likeness (QED) is 0.0859. The number of hydrogen-bond donors (Lipinski definition) is 0. The first-order valence-electron chi connectivity index (χ1n) is 10.7. The second-order valence-corrected chi connectivity index (χ2v) is 8.19. The van der Waals surface area contributed by atoms with Crippen molar-refractivity contribution in [1.29, 1.82) is 10.5 Å². The van der Waals surface area contributed by atoms with Crippen molar-refractivity contribution >= 4 is 22.4 Å². The van der Waals surface area contributed by atoms with Crippen molar-refractivity contribution in [3.63, 3.8) is 0 Å². The lowest BCUT2D eigenvalue weighted by Crippen LogP contribution is -2.04. The molecular formula is C29H6F5N5. The van der Waals surface area contributed by atoms with Gasteiger partial charge in [-0.25, -0.2) is 47.0 Å². The van der Waals surface area contributed by atoms with Crippen LogP contribution in [0.2, 0.25) is 0 Å². The molecular weight excluding hydrogens is 513 g/mol. The van der Waals surface area contributed by atoms with Gasteiger partial charge in [-0.15, -0.1) is 0 Å². The van der Waals surface area contributed by atoms with Crippen molar-refractivity contribution in [2.75, 3.05) is 0 Å². The topological polar surface area (TPSA) is 60.7 Å². The zero-order chi connectivity index (χ0) is 28.2. The number of allylic oxidation sites excluding steroid dienone is 4. The molecule has 0 fully saturated rings. The minimum atomic E-state index is -2.18. The molecule has 0 aromatic heterocycles. The highest BCUT2D eigenvalue weighted by molar-refractivity contribution is 6.24. The van der Waals surface area contributed by atoms with E-state index in [-0.39, 0.29) is 33.5 Å². The van der Waals surface area contributed by atoms with E-state index in [0.717, 1.165) is 6.07 Å². The van der Waals surface area contributed by atoms with Crippen molar-refractivity contribution in [1.82, 2.24) is 0 Å². The lowest BCUT2D eigenvalue weighted by molar-refractivity contribution is 0.407. The Hall–Kier alpha value is -6.02. The molecule has 0 amide bonds. The Morgan fingerprint density at radius 3 is 1.74 bits per heavy atom. The standard InChI is InChI=1S/C29H6F5N5/c1-37-18(10-35)21-16-8-12(4-6-14(16)15-7-5-13(30)9-17(15)21)20-22(19(11-36)38-2)23-24(29(20)39-3)26(32)28(34)27(33)25(23)31/h4-9H/b21-18-,22-19+. The predicted molar refractivity (Wildman–Crippen MR) is 129 cm³/mol. The van der Waals surface area contributed by atoms with Crippen LogP contribution in [0, 0.1) is 71.5 Å². The lowest BCUT2D eigenvalue weighted by atomic mass is 9.91. The van der Waals surface area contributed by atoms with Crippen LogP contribution in [0.4, 0.5) is 22.0 Å². The van der Waals surface area contributed by atoms with Gasteiger partial charge >= 0.3 is 0 Å². The van der Waals surface area contributed by atoms with Gasteiger partial charge in [0.1, 0.15) is 5.82 Å². The molecule has 0 spiro atoms. The molecule has 0 saturated heterocycles. The SMILES string of the molecule is [C-]#[N+]C1=C(c2ccc3c(c2)/C(=C(\C#N)[N+]#[C-])c2cc(F)ccc2-3)/C(=C(/C#N)[N+]#[C-])c2c(F)c(F)c(F)c(F)c21. The summed E-state index contributed by atoms with van der Waals surface area (Å²) < 4.78 is 72.6. The molecule has 0 saturated carbocycles. The average Bonchev–Trinajstić information content (AvgIpc) is 3.45. The Balaban J connectivity index is 1.92. The molecule has 2 aliphatic rings. The highest BCUT2D eigenvalue weighted by Crippen LogP contribution is 2.53. The van der Waals surface area contributed by atoms with E-state index in [1.807, 2.05) is 0 Å². The predicted octanol–water partition coefficient (Wildman–Crippen LogP) is 7.52. The molecule has 0 radical (unpaired) electrons. The number of hydrogen-bond acceptors (Lipinski definition) is 2. The molecule has 0 aliphatic heterocycles. The zero-order valence-corrected chi connectivity index (χ0v) is 19.1. The van der Waals surface area contributed by atoms with Crippen LogP contribution >= 0.6 is 0 Å². The van der Waals surface area contributed by atoms with Gasteiger partial charge in [0.2, 0.25) is 5.70 Å². The van der Waals surface area contributed by atoms with Crippen LogP contribution < -0.4 is 0 Å². The third-order valence-corrected chi connectivity index (χ3v) is 6.38. The molecule has 0 atom stereocenters. The van der Waals surface area contributed by atoms with Gasteiger partial charge in [0, 0.05) is 16.7 Å². The van der Waals surface area contributed by atoms with E-state index in [0.29, 0.717) is 11.1 Å². The van der Waals surface area contributed by atoms with E-state index in [1.54, 1.807) is 6.07 Å². The fourth-order valence-corrected chi connectivity index (χ4v) is 4.86. The average molecular weight is 519 g/mol. The number of nitrogens with zero attached hydrogens (tertiary/aromatic N) is 5. The van der Waals surface area contributed by atoms with Crippen molar-refractivity contribution in [3.8, 4) is 23.3 Å². The van der Waals surface area contributed by atoms with Crippen molar-refractivity contribution in [2.24, 2.45) is 0 Å². The third kappa shape index (κ3) is 3.25. The molecule has 5 nitrogen and oxygen atoms in total. The van der Waals surface area contributed by atoms with Crippen LogP contribution in [0.5, 0.6) is 0 Å². The minimum absolute atomic E-state index is 0.00462. The second kappa shape index (κ2) is 8.82. The summed E-state index contributed by atoms with van der Waals surface area (Å²) in [6.07, 6.45) is 0. The van der Waals surface area contributed by atoms with Crippen LogP contribution in [-0.2, 0) is 0 Å². The van der Waals surface area contributed by atoms with Crippen molar-refractivity contribution in [2.45, 2.75) is 0 Å². The van der Waals surface area contributed by atoms with Crippen LogP contribution in [0.3, 0.4) is 0 Å². The fraction of sp³-hybridized carbons (Fsp3) is 0. The summed E-state index contributed by atoms with van der Waals surface area (Å²) in [6, 6.07) is 11.3. The van der Waals surface area contributed by atoms with E-state index in [1.165, 1.54) is 36.4 Å². The van der Waals surface area contributed by atoms with Gasteiger partial charge in [-0.2, -0.15) is 0 Å². The Morgan fingerprint density at radius 1 is 0.641 bits per heavy atom. The Bertz CT molecular complexity index is 1980. The molecule has 0 bridgehead atoms. The van der Waals surface area contributed by atoms with Gasteiger partial charge in [-0.1, -0.05) is 18.2 Å². The first-order chi connectivity index (χ1) is 18.7. The van der Waals surface area contributed by atoms with E-state index in [2.05, 4.69) is 14.5 Å². The number of fused-ring (bicyclic) bond motifs is 4. The number of rotatable bonds is 1. The van der Waals surface area contributed by atoms with Crippen LogP contribution in [-0.4, -0.2) is 0 Å². The normalized spacial score (nSPS) is 15.2. The van der Waals surface area contributed by atoms with E-state index >= 15 is 4.39 Å². The maximum Gasteiger partial charge on any atom is 0.270 e. The Labute approximate surface area is 217 Å². The maximum absolute atomic E-state index is 15.1. The second-order valence-electron chi connectivity index (χ2n) is 8.19. The molecule has 10 heteroatoms. The summed E-state index contributed by atoms with van der Waals surface area (Å²) in [5.41, 5.74) is -3.25. The molecule has 3 aromatic rings. The summed E-state index contributed by atoms with van der Waals surface area (Å²) >= 11 is 0. The Kier molecular flexibility index (Phi) is 5.58. The van der Waals surface area contributed by atoms with Crippen LogP contribution in [0.15, 0.2) is 47.8 Å². The maximum atomic E-state index is 15.1. The molecule has 39 heavy (non-hydrogen) atoms. The number of halogens is 5. The van der Waals surface area contributed by atoms with Gasteiger partial charge in [0.15, 0.2) is 23.3 Å². The Morgan fingerprint density at radius 2 is 1.18 bits per heavy atom. The first-order valence-corrected chi connectivity index (χ1v) is 10.7. The van der Waals surface area contributed by atoms with E-state index in [4.69, 9.17) is 19.7 Å². The molecule has 0 heterocycles. The third-order valence-electron chi connectivity index (χ3n) is 6.38. The van der Waals surface area contributed by atoms with Crippen LogP contribution in [0.1, 0.15) is 27.8 Å². The van der Waals surface area contributed by atoms with Gasteiger partial charge in [-0.3, -0.25) is 0 Å². The summed E-state index contributed by atoms with van der Waals surface area (Å²) in [4.78, 5) is 9.48. The van der Waals surface area contributed by atoms with Crippen LogP contribution in [0.25, 0.3) is 48.1 Å². The van der Waals surface area contributed by atoms with E-state index in [9.17, 15) is 28.1 Å². The lowest BCUT2D eigenvalue weighted by Gasteiger charge is -2.13. The molecule has 182 valence electrons. The highest BCUT2D eigenvalue weighted by atomic mass is 19.2. The molecule has 3 aromatic carbocycles. The molecule has 2 aliphatic carbocycles. The monoisotopic (exact) mass is 519 g/mol. The highest BCUT2D eigenvalue weighted by Gasteiger charge is 2.39. The summed E-state index contributed by atoms with van der Waals surface area (Å²) in [5, 5.41) is 19.2. The van der Waals surface area contributed by atoms with Gasteiger partial charge in [0.05, 0.1) is 31.9 Å². The number of benzene rings is 3. The van der Waals surface area contributed by atoms with Gasteiger partial charge < -0.3 is 0 Å². The van der Waals surface area contributed by atoms with Crippen molar-refractivity contribution in [3.05, 3.63) is 139 Å². The smallest absolute Gasteiger partial charge is 0.237 e. The molecule has 0 N–H and O–H groups in total. The fourth-order valence-electron chi connectivity index (χ4n) is 4.86.